The molecule has 0 saturated heterocycles. The number of pyridine rings is 1. The van der Waals surface area contributed by atoms with Crippen molar-refractivity contribution in [2.75, 3.05) is 0 Å². The van der Waals surface area contributed by atoms with Crippen molar-refractivity contribution in [3.05, 3.63) is 101 Å². The van der Waals surface area contributed by atoms with E-state index in [9.17, 15) is 13.2 Å². The van der Waals surface area contributed by atoms with E-state index < -0.39 is 9.84 Å². The Hall–Kier alpha value is -3.28. The van der Waals surface area contributed by atoms with Gasteiger partial charge < -0.3 is 0 Å². The standard InChI is InChI=1S/C25H16ClNO3S/c1-15-25(31(29,30)18-7-3-2-4-8-18)21(16-11-13-17(26)14-12-16)22-23(27-15)19-9-5-6-10-20(19)24(22)28/h2-14H,1H3. The lowest BCUT2D eigenvalue weighted by atomic mass is 9.97. The number of halogens is 1. The number of aryl methyl sites for hydroxylation is 1. The van der Waals surface area contributed by atoms with Gasteiger partial charge in [0.15, 0.2) is 5.78 Å². The zero-order valence-corrected chi connectivity index (χ0v) is 18.0. The van der Waals surface area contributed by atoms with Gasteiger partial charge in [-0.05, 0) is 36.8 Å². The number of carbonyl (C=O) groups is 1. The molecule has 0 spiro atoms. The fourth-order valence-electron chi connectivity index (χ4n) is 4.06. The zero-order valence-electron chi connectivity index (χ0n) is 16.5. The van der Waals surface area contributed by atoms with Crippen molar-refractivity contribution in [1.29, 1.82) is 0 Å². The van der Waals surface area contributed by atoms with Crippen molar-refractivity contribution < 1.29 is 13.2 Å². The number of fused-ring (bicyclic) bond motifs is 3. The zero-order chi connectivity index (χ0) is 21.8. The highest BCUT2D eigenvalue weighted by molar-refractivity contribution is 7.91. The second kappa shape index (κ2) is 7.15. The second-order valence-corrected chi connectivity index (χ2v) is 9.65. The Labute approximate surface area is 185 Å². The van der Waals surface area contributed by atoms with Crippen LogP contribution in [0.5, 0.6) is 0 Å². The first-order valence-corrected chi connectivity index (χ1v) is 11.5. The number of sulfone groups is 1. The van der Waals surface area contributed by atoms with Gasteiger partial charge in [0.1, 0.15) is 4.90 Å². The Morgan fingerprint density at radius 3 is 2.06 bits per heavy atom. The summed E-state index contributed by atoms with van der Waals surface area (Å²) in [4.78, 5) is 18.2. The highest BCUT2D eigenvalue weighted by atomic mass is 35.5. The van der Waals surface area contributed by atoms with Crippen LogP contribution in [0, 0.1) is 6.92 Å². The van der Waals surface area contributed by atoms with Gasteiger partial charge in [0.25, 0.3) is 0 Å². The quantitative estimate of drug-likeness (QED) is 0.354. The summed E-state index contributed by atoms with van der Waals surface area (Å²) < 4.78 is 27.4. The maximum atomic E-state index is 13.7. The summed E-state index contributed by atoms with van der Waals surface area (Å²) in [6, 6.07) is 22.2. The Kier molecular flexibility index (Phi) is 4.54. The molecule has 3 aromatic carbocycles. The molecule has 0 atom stereocenters. The number of benzene rings is 3. The van der Waals surface area contributed by atoms with Crippen LogP contribution < -0.4 is 0 Å². The van der Waals surface area contributed by atoms with Crippen LogP contribution in [0.15, 0.2) is 88.7 Å². The highest BCUT2D eigenvalue weighted by Gasteiger charge is 2.36. The third-order valence-corrected chi connectivity index (χ3v) is 7.61. The Morgan fingerprint density at radius 2 is 1.39 bits per heavy atom. The molecule has 1 heterocycles. The number of aromatic nitrogens is 1. The average molecular weight is 446 g/mol. The number of hydrogen-bond acceptors (Lipinski definition) is 4. The van der Waals surface area contributed by atoms with Crippen molar-refractivity contribution in [2.24, 2.45) is 0 Å². The van der Waals surface area contributed by atoms with E-state index >= 15 is 0 Å². The maximum Gasteiger partial charge on any atom is 0.209 e. The molecular formula is C25H16ClNO3S. The summed E-state index contributed by atoms with van der Waals surface area (Å²) in [6.07, 6.45) is 0. The molecule has 31 heavy (non-hydrogen) atoms. The molecule has 0 N–H and O–H groups in total. The van der Waals surface area contributed by atoms with Gasteiger partial charge in [-0.15, -0.1) is 0 Å². The van der Waals surface area contributed by atoms with Crippen LogP contribution in [0.4, 0.5) is 0 Å². The van der Waals surface area contributed by atoms with E-state index in [2.05, 4.69) is 4.98 Å². The molecule has 0 unspecified atom stereocenters. The first-order valence-electron chi connectivity index (χ1n) is 9.64. The minimum Gasteiger partial charge on any atom is -0.288 e. The van der Waals surface area contributed by atoms with Crippen molar-refractivity contribution in [3.63, 3.8) is 0 Å². The molecule has 0 saturated carbocycles. The molecule has 1 aliphatic rings. The lowest BCUT2D eigenvalue weighted by Gasteiger charge is -2.17. The fourth-order valence-corrected chi connectivity index (χ4v) is 5.86. The van der Waals surface area contributed by atoms with Crippen LogP contribution in [-0.4, -0.2) is 19.2 Å². The van der Waals surface area contributed by atoms with Gasteiger partial charge in [-0.1, -0.05) is 66.2 Å². The van der Waals surface area contributed by atoms with Gasteiger partial charge in [0.2, 0.25) is 9.84 Å². The van der Waals surface area contributed by atoms with Gasteiger partial charge in [0, 0.05) is 21.7 Å². The largest absolute Gasteiger partial charge is 0.288 e. The summed E-state index contributed by atoms with van der Waals surface area (Å²) in [5, 5.41) is 0.522. The summed E-state index contributed by atoms with van der Waals surface area (Å²) in [5.41, 5.74) is 3.36. The van der Waals surface area contributed by atoms with Gasteiger partial charge in [-0.25, -0.2) is 8.42 Å². The first-order chi connectivity index (χ1) is 14.9. The number of nitrogens with zero attached hydrogens (tertiary/aromatic N) is 1. The molecule has 1 aliphatic carbocycles. The number of ketones is 1. The molecule has 0 amide bonds. The van der Waals surface area contributed by atoms with E-state index in [1.165, 1.54) is 0 Å². The molecular weight excluding hydrogens is 430 g/mol. The van der Waals surface area contributed by atoms with E-state index in [1.807, 2.05) is 12.1 Å². The Balaban J connectivity index is 1.91. The normalized spacial score (nSPS) is 12.5. The molecule has 152 valence electrons. The minimum absolute atomic E-state index is 0.0425. The van der Waals surface area contributed by atoms with Gasteiger partial charge in [-0.3, -0.25) is 9.78 Å². The van der Waals surface area contributed by atoms with Crippen LogP contribution in [0.25, 0.3) is 22.4 Å². The summed E-state index contributed by atoms with van der Waals surface area (Å²) in [5.74, 6) is -0.229. The van der Waals surface area contributed by atoms with Crippen LogP contribution in [0.1, 0.15) is 21.6 Å². The SMILES string of the molecule is Cc1nc2c(c(-c3ccc(Cl)cc3)c1S(=O)(=O)c1ccccc1)C(=O)c1ccccc1-2. The second-order valence-electron chi connectivity index (χ2n) is 7.32. The summed E-state index contributed by atoms with van der Waals surface area (Å²) >= 11 is 6.08. The first kappa shape index (κ1) is 19.7. The smallest absolute Gasteiger partial charge is 0.209 e. The number of hydrogen-bond donors (Lipinski definition) is 0. The van der Waals surface area contributed by atoms with E-state index in [4.69, 9.17) is 11.6 Å². The van der Waals surface area contributed by atoms with Crippen molar-refractivity contribution in [2.45, 2.75) is 16.7 Å². The van der Waals surface area contributed by atoms with E-state index in [0.717, 1.165) is 0 Å². The lowest BCUT2D eigenvalue weighted by Crippen LogP contribution is -2.12. The summed E-state index contributed by atoms with van der Waals surface area (Å²) in [7, 11) is -3.94. The van der Waals surface area contributed by atoms with Crippen LogP contribution in [0.2, 0.25) is 5.02 Å². The van der Waals surface area contributed by atoms with Crippen LogP contribution in [0.3, 0.4) is 0 Å². The average Bonchev–Trinajstić information content (AvgIpc) is 3.06. The Morgan fingerprint density at radius 1 is 0.774 bits per heavy atom. The molecule has 0 radical (unpaired) electrons. The number of carbonyl (C=O) groups excluding carboxylic acids is 1. The molecule has 1 aromatic heterocycles. The molecule has 4 nitrogen and oxygen atoms in total. The summed E-state index contributed by atoms with van der Waals surface area (Å²) in [6.45, 7) is 1.67. The monoisotopic (exact) mass is 445 g/mol. The molecule has 0 bridgehead atoms. The van der Waals surface area contributed by atoms with Gasteiger partial charge >= 0.3 is 0 Å². The van der Waals surface area contributed by atoms with Crippen molar-refractivity contribution in [3.8, 4) is 22.4 Å². The van der Waals surface area contributed by atoms with E-state index in [-0.39, 0.29) is 15.6 Å². The van der Waals surface area contributed by atoms with E-state index in [0.29, 0.717) is 44.2 Å². The molecule has 0 fully saturated rings. The lowest BCUT2D eigenvalue weighted by molar-refractivity contribution is 0.104. The predicted molar refractivity (Wildman–Crippen MR) is 120 cm³/mol. The van der Waals surface area contributed by atoms with E-state index in [1.54, 1.807) is 73.7 Å². The molecule has 4 aromatic rings. The third kappa shape index (κ3) is 3.00. The molecule has 5 rings (SSSR count). The minimum atomic E-state index is -3.94. The topological polar surface area (TPSA) is 64.1 Å². The third-order valence-electron chi connectivity index (χ3n) is 5.43. The van der Waals surface area contributed by atoms with Gasteiger partial charge in [0.05, 0.1) is 21.8 Å². The highest BCUT2D eigenvalue weighted by Crippen LogP contribution is 2.45. The predicted octanol–water partition coefficient (Wildman–Crippen LogP) is 5.75. The molecule has 6 heteroatoms. The molecule has 0 aliphatic heterocycles. The van der Waals surface area contributed by atoms with Crippen molar-refractivity contribution >= 4 is 27.2 Å². The van der Waals surface area contributed by atoms with Crippen molar-refractivity contribution in [1.82, 2.24) is 4.98 Å². The van der Waals surface area contributed by atoms with Gasteiger partial charge in [-0.2, -0.15) is 0 Å². The maximum absolute atomic E-state index is 13.7. The van der Waals surface area contributed by atoms with Crippen LogP contribution in [-0.2, 0) is 9.84 Å². The van der Waals surface area contributed by atoms with Crippen LogP contribution >= 0.6 is 11.6 Å². The fraction of sp³-hybridized carbons (Fsp3) is 0.0400. The Bertz CT molecular complexity index is 1460. The number of rotatable bonds is 3.